The van der Waals surface area contributed by atoms with Crippen molar-refractivity contribution in [1.82, 2.24) is 20.2 Å². The van der Waals surface area contributed by atoms with E-state index >= 15 is 0 Å². The van der Waals surface area contributed by atoms with Crippen molar-refractivity contribution >= 4 is 11.4 Å². The summed E-state index contributed by atoms with van der Waals surface area (Å²) in [5.41, 5.74) is 4.94. The summed E-state index contributed by atoms with van der Waals surface area (Å²) in [5, 5.41) is 9.12. The predicted molar refractivity (Wildman–Crippen MR) is 62.2 cm³/mol. The van der Waals surface area contributed by atoms with Gasteiger partial charge in [-0.3, -0.25) is 5.10 Å². The van der Waals surface area contributed by atoms with Gasteiger partial charge in [-0.2, -0.15) is 18.3 Å². The van der Waals surface area contributed by atoms with Crippen molar-refractivity contribution in [2.75, 3.05) is 17.6 Å². The van der Waals surface area contributed by atoms with Crippen LogP contribution in [0.15, 0.2) is 18.6 Å². The number of aromatic nitrogens is 4. The number of alkyl halides is 3. The van der Waals surface area contributed by atoms with Gasteiger partial charge < -0.3 is 11.1 Å². The minimum Gasteiger partial charge on any atom is -0.396 e. The summed E-state index contributed by atoms with van der Waals surface area (Å²) in [4.78, 5) is 7.15. The predicted octanol–water partition coefficient (Wildman–Crippen LogP) is 1.46. The molecular weight excluding hydrogens is 261 g/mol. The second-order valence-corrected chi connectivity index (χ2v) is 3.76. The van der Waals surface area contributed by atoms with E-state index in [1.165, 1.54) is 6.33 Å². The molecule has 2 aromatic heterocycles. The molecule has 19 heavy (non-hydrogen) atoms. The van der Waals surface area contributed by atoms with Crippen molar-refractivity contribution in [2.24, 2.45) is 0 Å². The molecule has 0 spiro atoms. The quantitative estimate of drug-likeness (QED) is 0.783. The van der Waals surface area contributed by atoms with Crippen LogP contribution in [0.3, 0.4) is 0 Å². The number of nitrogens with zero attached hydrogens (tertiary/aromatic N) is 3. The molecule has 0 radical (unpaired) electrons. The van der Waals surface area contributed by atoms with Gasteiger partial charge >= 0.3 is 6.18 Å². The Hall–Kier alpha value is -2.32. The molecule has 0 aromatic carbocycles. The highest BCUT2D eigenvalue weighted by Gasteiger charge is 2.32. The van der Waals surface area contributed by atoms with E-state index in [0.717, 1.165) is 12.3 Å². The lowest BCUT2D eigenvalue weighted by molar-refractivity contribution is -0.141. The van der Waals surface area contributed by atoms with E-state index in [1.54, 1.807) is 0 Å². The number of pyridine rings is 1. The largest absolute Gasteiger partial charge is 0.433 e. The van der Waals surface area contributed by atoms with Crippen molar-refractivity contribution in [3.63, 3.8) is 0 Å². The molecule has 2 heterocycles. The lowest BCUT2D eigenvalue weighted by Gasteiger charge is -2.11. The summed E-state index contributed by atoms with van der Waals surface area (Å²) < 4.78 is 37.5. The molecule has 0 saturated heterocycles. The van der Waals surface area contributed by atoms with E-state index < -0.39 is 11.9 Å². The van der Waals surface area contributed by atoms with Crippen LogP contribution in [0.4, 0.5) is 24.5 Å². The molecule has 2 rings (SSSR count). The normalized spacial score (nSPS) is 11.5. The van der Waals surface area contributed by atoms with Crippen LogP contribution in [0, 0.1) is 0 Å². The second-order valence-electron chi connectivity index (χ2n) is 3.76. The Kier molecular flexibility index (Phi) is 3.54. The molecule has 9 heteroatoms. The van der Waals surface area contributed by atoms with Crippen LogP contribution < -0.4 is 11.1 Å². The Bertz CT molecular complexity index is 537. The molecule has 0 aliphatic carbocycles. The molecule has 0 aliphatic rings. The summed E-state index contributed by atoms with van der Waals surface area (Å²) in [7, 11) is 0. The number of anilines is 2. The van der Waals surface area contributed by atoms with Gasteiger partial charge in [0.2, 0.25) is 0 Å². The fourth-order valence-corrected chi connectivity index (χ4v) is 1.44. The lowest BCUT2D eigenvalue weighted by atomic mass is 10.2. The molecule has 102 valence electrons. The number of rotatable bonds is 4. The van der Waals surface area contributed by atoms with Crippen LogP contribution in [0.2, 0.25) is 0 Å². The maximum Gasteiger partial charge on any atom is 0.433 e. The summed E-state index contributed by atoms with van der Waals surface area (Å²) in [6.07, 6.45) is -1.66. The van der Waals surface area contributed by atoms with E-state index in [-0.39, 0.29) is 11.4 Å². The average Bonchev–Trinajstić information content (AvgIpc) is 2.83. The first-order valence-electron chi connectivity index (χ1n) is 5.37. The number of hydrogen-bond acceptors (Lipinski definition) is 5. The van der Waals surface area contributed by atoms with Gasteiger partial charge in [-0.05, 0) is 6.07 Å². The van der Waals surface area contributed by atoms with Crippen molar-refractivity contribution in [3.05, 3.63) is 30.1 Å². The number of nitrogen functional groups attached to an aromatic ring is 1. The van der Waals surface area contributed by atoms with Crippen LogP contribution in [0.1, 0.15) is 11.5 Å². The number of hydrogen-bond donors (Lipinski definition) is 3. The summed E-state index contributed by atoms with van der Waals surface area (Å²) >= 11 is 0. The molecule has 6 nitrogen and oxygen atoms in total. The Morgan fingerprint density at radius 1 is 1.32 bits per heavy atom. The smallest absolute Gasteiger partial charge is 0.396 e. The molecule has 2 aromatic rings. The number of nitrogens with one attached hydrogen (secondary N) is 2. The maximum atomic E-state index is 12.5. The zero-order valence-corrected chi connectivity index (χ0v) is 9.70. The maximum absolute atomic E-state index is 12.5. The van der Waals surface area contributed by atoms with Gasteiger partial charge in [0.1, 0.15) is 17.8 Å². The lowest BCUT2D eigenvalue weighted by Crippen LogP contribution is -2.12. The average molecular weight is 272 g/mol. The summed E-state index contributed by atoms with van der Waals surface area (Å²) in [5.74, 6) is 0.635. The van der Waals surface area contributed by atoms with Crippen LogP contribution >= 0.6 is 0 Å². The minimum absolute atomic E-state index is 0.158. The zero-order chi connectivity index (χ0) is 13.9. The minimum atomic E-state index is -4.49. The number of nitrogens with two attached hydrogens (primary N) is 1. The third-order valence-corrected chi connectivity index (χ3v) is 2.37. The van der Waals surface area contributed by atoms with E-state index in [0.29, 0.717) is 18.8 Å². The summed E-state index contributed by atoms with van der Waals surface area (Å²) in [6.45, 7) is 0.376. The van der Waals surface area contributed by atoms with Gasteiger partial charge in [0.05, 0.1) is 17.6 Å². The Morgan fingerprint density at radius 2 is 2.11 bits per heavy atom. The fraction of sp³-hybridized carbons (Fsp3) is 0.300. The van der Waals surface area contributed by atoms with Gasteiger partial charge in [0, 0.05) is 13.0 Å². The Morgan fingerprint density at radius 3 is 2.74 bits per heavy atom. The monoisotopic (exact) mass is 272 g/mol. The first-order valence-corrected chi connectivity index (χ1v) is 5.37. The number of H-pyrrole nitrogens is 1. The van der Waals surface area contributed by atoms with Gasteiger partial charge in [0.15, 0.2) is 0 Å². The highest BCUT2D eigenvalue weighted by atomic mass is 19.4. The van der Waals surface area contributed by atoms with Crippen molar-refractivity contribution in [2.45, 2.75) is 12.6 Å². The van der Waals surface area contributed by atoms with E-state index in [2.05, 4.69) is 25.5 Å². The highest BCUT2D eigenvalue weighted by Crippen LogP contribution is 2.30. The number of halogens is 3. The van der Waals surface area contributed by atoms with Crippen molar-refractivity contribution in [1.29, 1.82) is 0 Å². The van der Waals surface area contributed by atoms with Gasteiger partial charge in [-0.1, -0.05) is 0 Å². The molecule has 0 aliphatic heterocycles. The fourth-order valence-electron chi connectivity index (χ4n) is 1.44. The van der Waals surface area contributed by atoms with Gasteiger partial charge in [-0.15, -0.1) is 0 Å². The van der Waals surface area contributed by atoms with E-state index in [9.17, 15) is 13.2 Å². The highest BCUT2D eigenvalue weighted by molar-refractivity contribution is 5.65. The van der Waals surface area contributed by atoms with E-state index in [4.69, 9.17) is 5.73 Å². The Labute approximate surface area is 106 Å². The number of aromatic amines is 1. The first kappa shape index (κ1) is 13.1. The molecule has 0 fully saturated rings. The molecule has 0 bridgehead atoms. The molecule has 0 atom stereocenters. The van der Waals surface area contributed by atoms with Gasteiger partial charge in [-0.25, -0.2) is 9.97 Å². The third kappa shape index (κ3) is 3.33. The molecule has 0 saturated carbocycles. The Balaban J connectivity index is 2.03. The second kappa shape index (κ2) is 5.12. The molecule has 0 amide bonds. The van der Waals surface area contributed by atoms with E-state index in [1.807, 2.05) is 0 Å². The van der Waals surface area contributed by atoms with Crippen molar-refractivity contribution in [3.8, 4) is 0 Å². The van der Waals surface area contributed by atoms with Crippen LogP contribution in [0.25, 0.3) is 0 Å². The molecule has 0 unspecified atom stereocenters. The third-order valence-electron chi connectivity index (χ3n) is 2.37. The van der Waals surface area contributed by atoms with Crippen LogP contribution in [0.5, 0.6) is 0 Å². The summed E-state index contributed by atoms with van der Waals surface area (Å²) in [6, 6.07) is 0.885. The van der Waals surface area contributed by atoms with Crippen molar-refractivity contribution < 1.29 is 13.2 Å². The van der Waals surface area contributed by atoms with Crippen LogP contribution in [-0.4, -0.2) is 26.7 Å². The van der Waals surface area contributed by atoms with Gasteiger partial charge in [0.25, 0.3) is 0 Å². The SMILES string of the molecule is Nc1cnc(C(F)(F)F)cc1NCCc1ncn[nH]1. The topological polar surface area (TPSA) is 92.5 Å². The molecular formula is C10H11F3N6. The standard InChI is InChI=1S/C10H11F3N6/c11-10(12,13)8-3-7(6(14)4-16-8)15-2-1-9-17-5-18-19-9/h3-5H,1-2,14H2,(H,15,16)(H,17,18,19). The molecule has 4 N–H and O–H groups in total. The first-order chi connectivity index (χ1) is 8.97. The zero-order valence-electron chi connectivity index (χ0n) is 9.70. The van der Waals surface area contributed by atoms with Crippen LogP contribution in [-0.2, 0) is 12.6 Å².